The van der Waals surface area contributed by atoms with Gasteiger partial charge in [-0.25, -0.2) is 0 Å². The van der Waals surface area contributed by atoms with Gasteiger partial charge in [0.1, 0.15) is 5.75 Å². The summed E-state index contributed by atoms with van der Waals surface area (Å²) < 4.78 is 11.0. The lowest BCUT2D eigenvalue weighted by Gasteiger charge is -2.11. The molecular formula is C14H20O3. The molecule has 0 atom stereocenters. The van der Waals surface area contributed by atoms with Gasteiger partial charge in [0.05, 0.1) is 13.2 Å². The number of hydrogen-bond donors (Lipinski definition) is 0. The third-order valence-corrected chi connectivity index (χ3v) is 2.37. The Morgan fingerprint density at radius 2 is 2.06 bits per heavy atom. The molecule has 17 heavy (non-hydrogen) atoms. The summed E-state index contributed by atoms with van der Waals surface area (Å²) in [5, 5.41) is 0. The average molecular weight is 236 g/mol. The number of carbonyl (C=O) groups excluding carboxylic acids is 1. The Balaban J connectivity index is 2.86. The molecule has 3 nitrogen and oxygen atoms in total. The summed E-state index contributed by atoms with van der Waals surface area (Å²) in [5.41, 5.74) is 1.64. The molecule has 0 aliphatic heterocycles. The molecule has 0 radical (unpaired) electrons. The zero-order chi connectivity index (χ0) is 12.7. The Morgan fingerprint density at radius 3 is 2.65 bits per heavy atom. The van der Waals surface area contributed by atoms with Crippen LogP contribution in [0.4, 0.5) is 0 Å². The molecular weight excluding hydrogens is 216 g/mol. The maximum absolute atomic E-state index is 11.3. The van der Waals surface area contributed by atoms with Gasteiger partial charge in [0.15, 0.2) is 5.78 Å². The third kappa shape index (κ3) is 4.19. The summed E-state index contributed by atoms with van der Waals surface area (Å²) in [6.07, 6.45) is 0.983. The molecule has 0 spiro atoms. The van der Waals surface area contributed by atoms with Crippen LogP contribution in [0.15, 0.2) is 18.2 Å². The Bertz CT molecular complexity index is 372. The Morgan fingerprint density at radius 1 is 1.29 bits per heavy atom. The van der Waals surface area contributed by atoms with Crippen LogP contribution in [0.1, 0.15) is 43.1 Å². The van der Waals surface area contributed by atoms with Crippen molar-refractivity contribution < 1.29 is 14.3 Å². The lowest BCUT2D eigenvalue weighted by atomic mass is 10.1. The predicted octanol–water partition coefficient (Wildman–Crippen LogP) is 3.21. The van der Waals surface area contributed by atoms with Gasteiger partial charge < -0.3 is 9.47 Å². The molecule has 0 aliphatic rings. The summed E-state index contributed by atoms with van der Waals surface area (Å²) in [6, 6.07) is 5.48. The minimum atomic E-state index is 0.0600. The van der Waals surface area contributed by atoms with Crippen LogP contribution in [-0.4, -0.2) is 19.0 Å². The van der Waals surface area contributed by atoms with Crippen LogP contribution in [0.3, 0.4) is 0 Å². The van der Waals surface area contributed by atoms with E-state index in [1.807, 2.05) is 19.1 Å². The molecule has 1 aromatic rings. The van der Waals surface area contributed by atoms with Crippen LogP contribution in [-0.2, 0) is 11.3 Å². The van der Waals surface area contributed by atoms with Crippen molar-refractivity contribution in [3.05, 3.63) is 29.3 Å². The Kier molecular flexibility index (Phi) is 5.70. The zero-order valence-electron chi connectivity index (χ0n) is 10.8. The summed E-state index contributed by atoms with van der Waals surface area (Å²) in [5.74, 6) is 0.860. The number of rotatable bonds is 7. The van der Waals surface area contributed by atoms with Crippen molar-refractivity contribution in [1.82, 2.24) is 0 Å². The number of Topliss-reactive ketones (excluding diaryl/α,β-unsaturated/α-hetero) is 1. The lowest BCUT2D eigenvalue weighted by molar-refractivity contribution is 0.101. The van der Waals surface area contributed by atoms with E-state index in [1.165, 1.54) is 0 Å². The quantitative estimate of drug-likeness (QED) is 0.538. The molecule has 94 valence electrons. The fourth-order valence-corrected chi connectivity index (χ4v) is 1.53. The SMILES string of the molecule is CCCOCc1cc(C(C)=O)ccc1OCC. The monoisotopic (exact) mass is 236 g/mol. The minimum absolute atomic E-state index is 0.0600. The minimum Gasteiger partial charge on any atom is -0.494 e. The largest absolute Gasteiger partial charge is 0.494 e. The Labute approximate surface area is 103 Å². The average Bonchev–Trinajstić information content (AvgIpc) is 2.31. The highest BCUT2D eigenvalue weighted by Gasteiger charge is 2.07. The smallest absolute Gasteiger partial charge is 0.159 e. The number of carbonyl (C=O) groups is 1. The first kappa shape index (κ1) is 13.7. The van der Waals surface area contributed by atoms with Gasteiger partial charge in [-0.05, 0) is 38.5 Å². The van der Waals surface area contributed by atoms with Gasteiger partial charge in [0.25, 0.3) is 0 Å². The van der Waals surface area contributed by atoms with E-state index in [1.54, 1.807) is 13.0 Å². The van der Waals surface area contributed by atoms with E-state index in [9.17, 15) is 4.79 Å². The lowest BCUT2D eigenvalue weighted by Crippen LogP contribution is -2.02. The number of ketones is 1. The third-order valence-electron chi connectivity index (χ3n) is 2.37. The van der Waals surface area contributed by atoms with E-state index in [0.29, 0.717) is 18.8 Å². The molecule has 0 bridgehead atoms. The van der Waals surface area contributed by atoms with Crippen LogP contribution in [0.25, 0.3) is 0 Å². The first-order valence-corrected chi connectivity index (χ1v) is 6.03. The highest BCUT2D eigenvalue weighted by atomic mass is 16.5. The number of ether oxygens (including phenoxy) is 2. The molecule has 0 heterocycles. The second kappa shape index (κ2) is 7.07. The highest BCUT2D eigenvalue weighted by Crippen LogP contribution is 2.21. The highest BCUT2D eigenvalue weighted by molar-refractivity contribution is 5.94. The van der Waals surface area contributed by atoms with Crippen molar-refractivity contribution in [3.63, 3.8) is 0 Å². The standard InChI is InChI=1S/C14H20O3/c1-4-8-16-10-13-9-12(11(3)15)6-7-14(13)17-5-2/h6-7,9H,4-5,8,10H2,1-3H3. The second-order valence-corrected chi connectivity index (χ2v) is 3.86. The van der Waals surface area contributed by atoms with Gasteiger partial charge in [-0.3, -0.25) is 4.79 Å². The van der Waals surface area contributed by atoms with Crippen molar-refractivity contribution in [2.24, 2.45) is 0 Å². The van der Waals surface area contributed by atoms with E-state index < -0.39 is 0 Å². The molecule has 0 amide bonds. The van der Waals surface area contributed by atoms with Gasteiger partial charge in [-0.2, -0.15) is 0 Å². The summed E-state index contributed by atoms with van der Waals surface area (Å²) >= 11 is 0. The Hall–Kier alpha value is -1.35. The molecule has 0 saturated carbocycles. The maximum Gasteiger partial charge on any atom is 0.159 e. The van der Waals surface area contributed by atoms with Crippen LogP contribution in [0.2, 0.25) is 0 Å². The number of benzene rings is 1. The molecule has 0 N–H and O–H groups in total. The van der Waals surface area contributed by atoms with E-state index in [-0.39, 0.29) is 5.78 Å². The van der Waals surface area contributed by atoms with Crippen molar-refractivity contribution in [2.45, 2.75) is 33.8 Å². The van der Waals surface area contributed by atoms with E-state index in [4.69, 9.17) is 9.47 Å². The van der Waals surface area contributed by atoms with Crippen LogP contribution in [0, 0.1) is 0 Å². The second-order valence-electron chi connectivity index (χ2n) is 3.86. The molecule has 0 aromatic heterocycles. The van der Waals surface area contributed by atoms with Crippen molar-refractivity contribution in [2.75, 3.05) is 13.2 Å². The normalized spacial score (nSPS) is 10.3. The fraction of sp³-hybridized carbons (Fsp3) is 0.500. The van der Waals surface area contributed by atoms with E-state index in [2.05, 4.69) is 6.92 Å². The van der Waals surface area contributed by atoms with E-state index in [0.717, 1.165) is 24.3 Å². The van der Waals surface area contributed by atoms with Gasteiger partial charge in [0, 0.05) is 17.7 Å². The number of hydrogen-bond acceptors (Lipinski definition) is 3. The van der Waals surface area contributed by atoms with Crippen molar-refractivity contribution in [1.29, 1.82) is 0 Å². The van der Waals surface area contributed by atoms with Crippen LogP contribution >= 0.6 is 0 Å². The fourth-order valence-electron chi connectivity index (χ4n) is 1.53. The van der Waals surface area contributed by atoms with Crippen molar-refractivity contribution in [3.8, 4) is 5.75 Å². The predicted molar refractivity (Wildman–Crippen MR) is 67.6 cm³/mol. The molecule has 0 unspecified atom stereocenters. The van der Waals surface area contributed by atoms with Crippen LogP contribution < -0.4 is 4.74 Å². The van der Waals surface area contributed by atoms with Crippen molar-refractivity contribution >= 4 is 5.78 Å². The molecule has 3 heteroatoms. The van der Waals surface area contributed by atoms with Gasteiger partial charge in [-0.15, -0.1) is 0 Å². The summed E-state index contributed by atoms with van der Waals surface area (Å²) in [6.45, 7) is 7.39. The molecule has 0 fully saturated rings. The topological polar surface area (TPSA) is 35.5 Å². The molecule has 0 aliphatic carbocycles. The molecule has 1 aromatic carbocycles. The van der Waals surface area contributed by atoms with Crippen LogP contribution in [0.5, 0.6) is 5.75 Å². The van der Waals surface area contributed by atoms with E-state index >= 15 is 0 Å². The van der Waals surface area contributed by atoms with Gasteiger partial charge in [0.2, 0.25) is 0 Å². The van der Waals surface area contributed by atoms with Gasteiger partial charge >= 0.3 is 0 Å². The summed E-state index contributed by atoms with van der Waals surface area (Å²) in [7, 11) is 0. The molecule has 1 rings (SSSR count). The summed E-state index contributed by atoms with van der Waals surface area (Å²) in [4.78, 5) is 11.3. The van der Waals surface area contributed by atoms with Gasteiger partial charge in [-0.1, -0.05) is 6.92 Å². The zero-order valence-corrected chi connectivity index (χ0v) is 10.8. The maximum atomic E-state index is 11.3. The molecule has 0 saturated heterocycles. The first-order valence-electron chi connectivity index (χ1n) is 6.03. The first-order chi connectivity index (χ1) is 8.19.